The van der Waals surface area contributed by atoms with Crippen molar-refractivity contribution in [3.63, 3.8) is 0 Å². The summed E-state index contributed by atoms with van der Waals surface area (Å²) in [6.07, 6.45) is 8.65. The summed E-state index contributed by atoms with van der Waals surface area (Å²) in [5.74, 6) is 3.58. The van der Waals surface area contributed by atoms with Crippen molar-refractivity contribution in [2.75, 3.05) is 31.1 Å². The fourth-order valence-corrected chi connectivity index (χ4v) is 4.08. The van der Waals surface area contributed by atoms with Gasteiger partial charge in [-0.2, -0.15) is 11.8 Å². The van der Waals surface area contributed by atoms with Crippen molar-refractivity contribution in [2.45, 2.75) is 44.6 Å². The normalized spacial score (nSPS) is 26.8. The van der Waals surface area contributed by atoms with E-state index >= 15 is 0 Å². The van der Waals surface area contributed by atoms with Crippen LogP contribution in [0.2, 0.25) is 0 Å². The first-order valence-electron chi connectivity index (χ1n) is 6.92. The Morgan fingerprint density at radius 3 is 2.44 bits per heavy atom. The van der Waals surface area contributed by atoms with Gasteiger partial charge in [0.1, 0.15) is 0 Å². The van der Waals surface area contributed by atoms with Gasteiger partial charge in [0.05, 0.1) is 0 Å². The van der Waals surface area contributed by atoms with Crippen molar-refractivity contribution in [2.24, 2.45) is 11.7 Å². The minimum Gasteiger partial charge on any atom is -0.329 e. The van der Waals surface area contributed by atoms with Crippen LogP contribution in [0, 0.1) is 5.92 Å². The van der Waals surface area contributed by atoms with E-state index in [2.05, 4.69) is 16.7 Å². The Hall–Kier alpha value is 0.270. The molecule has 94 valence electrons. The second-order valence-electron chi connectivity index (χ2n) is 5.28. The SMILES string of the molecule is NCC(CC1CCCCC1)N1CCSCC1. The summed E-state index contributed by atoms with van der Waals surface area (Å²) in [5.41, 5.74) is 5.97. The minimum absolute atomic E-state index is 0.670. The van der Waals surface area contributed by atoms with Crippen LogP contribution in [-0.4, -0.2) is 42.1 Å². The van der Waals surface area contributed by atoms with Gasteiger partial charge in [0.15, 0.2) is 0 Å². The van der Waals surface area contributed by atoms with Crippen LogP contribution in [0.25, 0.3) is 0 Å². The summed E-state index contributed by atoms with van der Waals surface area (Å²) in [7, 11) is 0. The molecule has 0 bridgehead atoms. The third-order valence-corrected chi connectivity index (χ3v) is 5.11. The molecule has 0 aromatic rings. The van der Waals surface area contributed by atoms with Crippen LogP contribution >= 0.6 is 11.8 Å². The van der Waals surface area contributed by atoms with Crippen LogP contribution < -0.4 is 5.73 Å². The van der Waals surface area contributed by atoms with Crippen LogP contribution in [0.1, 0.15) is 38.5 Å². The summed E-state index contributed by atoms with van der Waals surface area (Å²) < 4.78 is 0. The third-order valence-electron chi connectivity index (χ3n) is 4.16. The Morgan fingerprint density at radius 1 is 1.12 bits per heavy atom. The highest BCUT2D eigenvalue weighted by Crippen LogP contribution is 2.29. The molecule has 1 unspecified atom stereocenters. The monoisotopic (exact) mass is 242 g/mol. The lowest BCUT2D eigenvalue weighted by Gasteiger charge is -2.36. The standard InChI is InChI=1S/C13H26N2S/c14-11-13(15-6-8-16-9-7-15)10-12-4-2-1-3-5-12/h12-13H,1-11,14H2. The second-order valence-corrected chi connectivity index (χ2v) is 6.50. The Balaban J connectivity index is 1.78. The highest BCUT2D eigenvalue weighted by molar-refractivity contribution is 7.99. The molecule has 1 aliphatic carbocycles. The molecule has 1 saturated carbocycles. The summed E-state index contributed by atoms with van der Waals surface area (Å²) in [5, 5.41) is 0. The van der Waals surface area contributed by atoms with Crippen molar-refractivity contribution in [1.82, 2.24) is 4.90 Å². The maximum absolute atomic E-state index is 5.97. The van der Waals surface area contributed by atoms with Crippen molar-refractivity contribution < 1.29 is 0 Å². The van der Waals surface area contributed by atoms with E-state index in [1.807, 2.05) is 0 Å². The van der Waals surface area contributed by atoms with Crippen molar-refractivity contribution in [3.8, 4) is 0 Å². The van der Waals surface area contributed by atoms with Crippen LogP contribution in [0.5, 0.6) is 0 Å². The molecule has 2 N–H and O–H groups in total. The molecule has 0 aromatic heterocycles. The quantitative estimate of drug-likeness (QED) is 0.820. The van der Waals surface area contributed by atoms with Gasteiger partial charge in [0, 0.05) is 37.2 Å². The highest BCUT2D eigenvalue weighted by Gasteiger charge is 2.23. The minimum atomic E-state index is 0.670. The largest absolute Gasteiger partial charge is 0.329 e. The summed E-state index contributed by atoms with van der Waals surface area (Å²) in [6.45, 7) is 3.39. The van der Waals surface area contributed by atoms with Crippen LogP contribution in [0.15, 0.2) is 0 Å². The van der Waals surface area contributed by atoms with Gasteiger partial charge in [-0.15, -0.1) is 0 Å². The average Bonchev–Trinajstić information content (AvgIpc) is 2.38. The van der Waals surface area contributed by atoms with E-state index < -0.39 is 0 Å². The van der Waals surface area contributed by atoms with Gasteiger partial charge in [0.25, 0.3) is 0 Å². The van der Waals surface area contributed by atoms with Crippen LogP contribution in [0.4, 0.5) is 0 Å². The van der Waals surface area contributed by atoms with E-state index in [0.29, 0.717) is 6.04 Å². The predicted octanol–water partition coefficient (Wildman–Crippen LogP) is 2.33. The molecule has 1 heterocycles. The lowest BCUT2D eigenvalue weighted by atomic mass is 9.84. The first-order chi connectivity index (χ1) is 7.90. The molecule has 3 heteroatoms. The maximum Gasteiger partial charge on any atom is 0.0221 e. The average molecular weight is 242 g/mol. The summed E-state index contributed by atoms with van der Waals surface area (Å²) >= 11 is 2.09. The van der Waals surface area contributed by atoms with Crippen molar-refractivity contribution in [3.05, 3.63) is 0 Å². The number of thioether (sulfide) groups is 1. The number of nitrogens with two attached hydrogens (primary N) is 1. The Morgan fingerprint density at radius 2 is 1.81 bits per heavy atom. The number of hydrogen-bond donors (Lipinski definition) is 1. The molecule has 16 heavy (non-hydrogen) atoms. The molecule has 0 amide bonds. The van der Waals surface area contributed by atoms with E-state index in [-0.39, 0.29) is 0 Å². The third kappa shape index (κ3) is 3.64. The van der Waals surface area contributed by atoms with E-state index in [9.17, 15) is 0 Å². The van der Waals surface area contributed by atoms with E-state index in [0.717, 1.165) is 12.5 Å². The lowest BCUT2D eigenvalue weighted by Crippen LogP contribution is -2.46. The maximum atomic E-state index is 5.97. The molecule has 2 aliphatic rings. The summed E-state index contributed by atoms with van der Waals surface area (Å²) in [4.78, 5) is 2.64. The Bertz CT molecular complexity index is 186. The van der Waals surface area contributed by atoms with Gasteiger partial charge in [-0.1, -0.05) is 32.1 Å². The molecule has 0 aromatic carbocycles. The van der Waals surface area contributed by atoms with Gasteiger partial charge in [-0.05, 0) is 12.3 Å². The smallest absolute Gasteiger partial charge is 0.0221 e. The molecule has 2 rings (SSSR count). The van der Waals surface area contributed by atoms with E-state index in [4.69, 9.17) is 5.73 Å². The van der Waals surface area contributed by atoms with Gasteiger partial charge in [0.2, 0.25) is 0 Å². The summed E-state index contributed by atoms with van der Waals surface area (Å²) in [6, 6.07) is 0.670. The van der Waals surface area contributed by atoms with Crippen molar-refractivity contribution >= 4 is 11.8 Å². The van der Waals surface area contributed by atoms with Gasteiger partial charge in [-0.25, -0.2) is 0 Å². The highest BCUT2D eigenvalue weighted by atomic mass is 32.2. The fraction of sp³-hybridized carbons (Fsp3) is 1.00. The van der Waals surface area contributed by atoms with Crippen molar-refractivity contribution in [1.29, 1.82) is 0 Å². The van der Waals surface area contributed by atoms with Crippen LogP contribution in [-0.2, 0) is 0 Å². The van der Waals surface area contributed by atoms with Gasteiger partial charge >= 0.3 is 0 Å². The molecular weight excluding hydrogens is 216 g/mol. The van der Waals surface area contributed by atoms with E-state index in [1.165, 1.54) is 63.1 Å². The van der Waals surface area contributed by atoms with E-state index in [1.54, 1.807) is 0 Å². The molecule has 0 radical (unpaired) electrons. The zero-order valence-electron chi connectivity index (χ0n) is 10.4. The molecular formula is C13H26N2S. The first-order valence-corrected chi connectivity index (χ1v) is 8.07. The molecule has 2 nitrogen and oxygen atoms in total. The Kier molecular flexibility index (Phi) is 5.46. The Labute approximate surface area is 104 Å². The first kappa shape index (κ1) is 12.7. The van der Waals surface area contributed by atoms with Gasteiger partial charge < -0.3 is 5.73 Å². The fourth-order valence-electron chi connectivity index (χ4n) is 3.14. The molecule has 1 saturated heterocycles. The predicted molar refractivity (Wildman–Crippen MR) is 72.9 cm³/mol. The van der Waals surface area contributed by atoms with Gasteiger partial charge in [-0.3, -0.25) is 4.90 Å². The van der Waals surface area contributed by atoms with Crippen LogP contribution in [0.3, 0.4) is 0 Å². The lowest BCUT2D eigenvalue weighted by molar-refractivity contribution is 0.173. The number of hydrogen-bond acceptors (Lipinski definition) is 3. The number of nitrogens with zero attached hydrogens (tertiary/aromatic N) is 1. The zero-order chi connectivity index (χ0) is 11.2. The molecule has 0 spiro atoms. The second kappa shape index (κ2) is 6.87. The molecule has 1 atom stereocenters. The zero-order valence-corrected chi connectivity index (χ0v) is 11.2. The number of rotatable bonds is 4. The molecule has 1 aliphatic heterocycles. The topological polar surface area (TPSA) is 29.3 Å². The molecule has 2 fully saturated rings.